The van der Waals surface area contributed by atoms with Gasteiger partial charge in [-0.3, -0.25) is 0 Å². The molecule has 1 fully saturated rings. The average molecular weight is 284 g/mol. The van der Waals surface area contributed by atoms with Gasteiger partial charge in [-0.15, -0.1) is 0 Å². The highest BCUT2D eigenvalue weighted by Gasteiger charge is 2.21. The lowest BCUT2D eigenvalue weighted by Gasteiger charge is -2.07. The molecule has 1 heterocycles. The normalized spacial score (nSPS) is 15.0. The van der Waals surface area contributed by atoms with E-state index in [9.17, 15) is 0 Å². The molecule has 0 aliphatic heterocycles. The van der Waals surface area contributed by atoms with Crippen molar-refractivity contribution < 1.29 is 0 Å². The number of rotatable bonds is 8. The van der Waals surface area contributed by atoms with Gasteiger partial charge in [0.05, 0.1) is 5.52 Å². The summed E-state index contributed by atoms with van der Waals surface area (Å²) in [7, 11) is 0. The van der Waals surface area contributed by atoms with Crippen LogP contribution in [0.4, 0.5) is 0 Å². The van der Waals surface area contributed by atoms with Crippen LogP contribution in [-0.4, -0.2) is 10.6 Å². The van der Waals surface area contributed by atoms with Gasteiger partial charge >= 0.3 is 0 Å². The van der Waals surface area contributed by atoms with Crippen LogP contribution in [0.3, 0.4) is 0 Å². The van der Waals surface area contributed by atoms with Crippen LogP contribution in [0.25, 0.3) is 10.9 Å². The summed E-state index contributed by atoms with van der Waals surface area (Å²) < 4.78 is 2.49. The molecule has 2 aromatic rings. The number of hydrogen-bond donors (Lipinski definition) is 1. The summed E-state index contributed by atoms with van der Waals surface area (Å²) in [6.45, 7) is 6.69. The molecule has 114 valence electrons. The molecular formula is C19H28N2. The molecule has 1 aliphatic rings. The first-order chi connectivity index (χ1) is 10.3. The van der Waals surface area contributed by atoms with Crippen molar-refractivity contribution in [2.75, 3.05) is 0 Å². The molecule has 0 atom stereocenters. The molecule has 0 spiro atoms. The van der Waals surface area contributed by atoms with Crippen LogP contribution in [0.15, 0.2) is 24.4 Å². The highest BCUT2D eigenvalue weighted by atomic mass is 15.0. The van der Waals surface area contributed by atoms with Gasteiger partial charge in [0.1, 0.15) is 0 Å². The second-order valence-electron chi connectivity index (χ2n) is 6.53. The van der Waals surface area contributed by atoms with Crippen LogP contribution >= 0.6 is 0 Å². The fourth-order valence-corrected chi connectivity index (χ4v) is 3.19. The van der Waals surface area contributed by atoms with E-state index in [0.29, 0.717) is 0 Å². The van der Waals surface area contributed by atoms with Gasteiger partial charge in [-0.25, -0.2) is 0 Å². The Hall–Kier alpha value is -1.28. The number of aryl methyl sites for hydroxylation is 2. The van der Waals surface area contributed by atoms with Crippen LogP contribution < -0.4 is 5.32 Å². The molecule has 0 saturated heterocycles. The van der Waals surface area contributed by atoms with Crippen LogP contribution in [0, 0.1) is 6.92 Å². The summed E-state index contributed by atoms with van der Waals surface area (Å²) in [5.74, 6) is 0. The largest absolute Gasteiger partial charge is 0.347 e. The van der Waals surface area contributed by atoms with Crippen molar-refractivity contribution in [3.8, 4) is 0 Å². The van der Waals surface area contributed by atoms with Crippen molar-refractivity contribution in [3.05, 3.63) is 35.5 Å². The van der Waals surface area contributed by atoms with Gasteiger partial charge in [0, 0.05) is 30.7 Å². The summed E-state index contributed by atoms with van der Waals surface area (Å²) in [5.41, 5.74) is 4.32. The number of nitrogens with zero attached hydrogens (tertiary/aromatic N) is 1. The molecule has 1 aromatic carbocycles. The smallest absolute Gasteiger partial charge is 0.0513 e. The van der Waals surface area contributed by atoms with E-state index >= 15 is 0 Å². The molecule has 1 saturated carbocycles. The van der Waals surface area contributed by atoms with E-state index < -0.39 is 0 Å². The van der Waals surface area contributed by atoms with E-state index in [4.69, 9.17) is 0 Å². The van der Waals surface area contributed by atoms with Crippen molar-refractivity contribution in [2.24, 2.45) is 0 Å². The van der Waals surface area contributed by atoms with E-state index in [-0.39, 0.29) is 0 Å². The molecule has 1 aliphatic carbocycles. The molecule has 1 N–H and O–H groups in total. The number of unbranched alkanes of at least 4 members (excludes halogenated alkanes) is 3. The fraction of sp³-hybridized carbons (Fsp3) is 0.579. The Kier molecular flexibility index (Phi) is 4.64. The highest BCUT2D eigenvalue weighted by molar-refractivity contribution is 5.86. The van der Waals surface area contributed by atoms with Gasteiger partial charge in [-0.05, 0) is 37.3 Å². The predicted octanol–water partition coefficient (Wildman–Crippen LogP) is 4.78. The first kappa shape index (κ1) is 14.6. The van der Waals surface area contributed by atoms with Gasteiger partial charge < -0.3 is 9.88 Å². The third kappa shape index (κ3) is 3.49. The quantitative estimate of drug-likeness (QED) is 0.690. The van der Waals surface area contributed by atoms with E-state index in [0.717, 1.165) is 19.1 Å². The fourth-order valence-electron chi connectivity index (χ4n) is 3.19. The number of fused-ring (bicyclic) bond motifs is 1. The minimum Gasteiger partial charge on any atom is -0.347 e. The molecule has 1 aromatic heterocycles. The predicted molar refractivity (Wildman–Crippen MR) is 90.7 cm³/mol. The monoisotopic (exact) mass is 284 g/mol. The number of para-hydroxylation sites is 1. The zero-order valence-electron chi connectivity index (χ0n) is 13.5. The van der Waals surface area contributed by atoms with Crippen LogP contribution in [0.1, 0.15) is 56.6 Å². The van der Waals surface area contributed by atoms with Crippen molar-refractivity contribution in [1.29, 1.82) is 0 Å². The summed E-state index contributed by atoms with van der Waals surface area (Å²) in [5, 5.41) is 5.10. The molecule has 21 heavy (non-hydrogen) atoms. The summed E-state index contributed by atoms with van der Waals surface area (Å²) in [4.78, 5) is 0. The Morgan fingerprint density at radius 1 is 1.19 bits per heavy atom. The summed E-state index contributed by atoms with van der Waals surface area (Å²) in [6, 6.07) is 7.50. The lowest BCUT2D eigenvalue weighted by Crippen LogP contribution is -2.14. The van der Waals surface area contributed by atoms with E-state index in [1.54, 1.807) is 0 Å². The van der Waals surface area contributed by atoms with E-state index in [2.05, 4.69) is 48.1 Å². The molecule has 2 nitrogen and oxygen atoms in total. The van der Waals surface area contributed by atoms with Crippen molar-refractivity contribution in [1.82, 2.24) is 9.88 Å². The van der Waals surface area contributed by atoms with Gasteiger partial charge in [0.25, 0.3) is 0 Å². The maximum absolute atomic E-state index is 3.66. The third-order valence-corrected chi connectivity index (χ3v) is 4.59. The van der Waals surface area contributed by atoms with Crippen LogP contribution in [0.2, 0.25) is 0 Å². The lowest BCUT2D eigenvalue weighted by atomic mass is 10.1. The Bertz CT molecular complexity index is 593. The lowest BCUT2D eigenvalue weighted by molar-refractivity contribution is 0.591. The van der Waals surface area contributed by atoms with Crippen LogP contribution in [-0.2, 0) is 13.1 Å². The van der Waals surface area contributed by atoms with E-state index in [1.165, 1.54) is 60.6 Å². The Labute approximate surface area is 128 Å². The first-order valence-electron chi connectivity index (χ1n) is 8.60. The van der Waals surface area contributed by atoms with Crippen molar-refractivity contribution in [2.45, 2.75) is 71.5 Å². The standard InChI is InChI=1S/C19H28N2/c1-3-4-5-6-12-21-14-16(13-20-17-10-11-17)18-9-7-8-15(2)19(18)21/h7-9,14,17,20H,3-6,10-13H2,1-2H3. The molecule has 0 unspecified atom stereocenters. The first-order valence-corrected chi connectivity index (χ1v) is 8.60. The van der Waals surface area contributed by atoms with Gasteiger partial charge in [0.15, 0.2) is 0 Å². The zero-order valence-corrected chi connectivity index (χ0v) is 13.5. The topological polar surface area (TPSA) is 17.0 Å². The number of hydrogen-bond acceptors (Lipinski definition) is 1. The van der Waals surface area contributed by atoms with E-state index in [1.807, 2.05) is 0 Å². The Morgan fingerprint density at radius 2 is 2.05 bits per heavy atom. The molecule has 0 radical (unpaired) electrons. The molecule has 2 heteroatoms. The molecular weight excluding hydrogens is 256 g/mol. The molecule has 0 bridgehead atoms. The van der Waals surface area contributed by atoms with Gasteiger partial charge in [0.2, 0.25) is 0 Å². The third-order valence-electron chi connectivity index (χ3n) is 4.59. The van der Waals surface area contributed by atoms with Gasteiger partial charge in [-0.2, -0.15) is 0 Å². The average Bonchev–Trinajstić information content (AvgIpc) is 3.24. The second kappa shape index (κ2) is 6.65. The van der Waals surface area contributed by atoms with Crippen molar-refractivity contribution in [3.63, 3.8) is 0 Å². The highest BCUT2D eigenvalue weighted by Crippen LogP contribution is 2.26. The van der Waals surface area contributed by atoms with Crippen molar-refractivity contribution >= 4 is 10.9 Å². The number of aromatic nitrogens is 1. The molecule has 0 amide bonds. The Morgan fingerprint density at radius 3 is 2.81 bits per heavy atom. The summed E-state index contributed by atoms with van der Waals surface area (Å²) >= 11 is 0. The van der Waals surface area contributed by atoms with Gasteiger partial charge in [-0.1, -0.05) is 44.4 Å². The molecule has 3 rings (SSSR count). The Balaban J connectivity index is 1.79. The zero-order chi connectivity index (χ0) is 14.7. The summed E-state index contributed by atoms with van der Waals surface area (Å²) in [6.07, 6.45) is 10.4. The minimum absolute atomic E-state index is 0.776. The number of benzene rings is 1. The number of nitrogens with one attached hydrogen (secondary N) is 1. The SMILES string of the molecule is CCCCCCn1cc(CNC2CC2)c2cccc(C)c21. The van der Waals surface area contributed by atoms with Crippen LogP contribution in [0.5, 0.6) is 0 Å². The second-order valence-corrected chi connectivity index (χ2v) is 6.53. The maximum atomic E-state index is 3.66. The maximum Gasteiger partial charge on any atom is 0.0513 e. The minimum atomic E-state index is 0.776.